The highest BCUT2D eigenvalue weighted by Crippen LogP contribution is 2.41. The Labute approximate surface area is 243 Å². The molecule has 2 aromatic heterocycles. The zero-order valence-electron chi connectivity index (χ0n) is 23.7. The average molecular weight is 580 g/mol. The highest BCUT2D eigenvalue weighted by atomic mass is 35.5. The second-order valence-electron chi connectivity index (χ2n) is 10.6. The summed E-state index contributed by atoms with van der Waals surface area (Å²) in [4.78, 5) is 22.7. The molecule has 11 heteroatoms. The van der Waals surface area contributed by atoms with Crippen molar-refractivity contribution in [3.63, 3.8) is 0 Å². The Hall–Kier alpha value is -3.60. The molecule has 4 aromatic rings. The van der Waals surface area contributed by atoms with Crippen molar-refractivity contribution in [2.75, 3.05) is 45.4 Å². The van der Waals surface area contributed by atoms with Gasteiger partial charge in [-0.05, 0) is 44.5 Å². The van der Waals surface area contributed by atoms with Crippen molar-refractivity contribution >= 4 is 34.2 Å². The number of nitrogens with zero attached hydrogens (tertiary/aromatic N) is 5. The first-order chi connectivity index (χ1) is 19.9. The standard InChI is InChI=1S/C30H34ClN5O5/c1-18(34-9-11-40-12-10-34)16-35-17-24(22-14-21-19(2)33-41-28(21)15-27(22)39-4)32-30(35)25-6-8-29(37)36(25)20-5-7-26(38-3)23(31)13-20/h5,7,13-15,17-18,25H,6,8-12,16H2,1-4H3/t18-,25-/m0/s1. The maximum atomic E-state index is 13.3. The van der Waals surface area contributed by atoms with Crippen molar-refractivity contribution in [1.29, 1.82) is 0 Å². The number of aromatic nitrogens is 3. The van der Waals surface area contributed by atoms with Crippen LogP contribution in [0.2, 0.25) is 5.02 Å². The van der Waals surface area contributed by atoms with Crippen LogP contribution in [-0.2, 0) is 16.1 Å². The van der Waals surface area contributed by atoms with Gasteiger partial charge in [-0.15, -0.1) is 0 Å². The van der Waals surface area contributed by atoms with Crippen LogP contribution >= 0.6 is 11.6 Å². The zero-order valence-corrected chi connectivity index (χ0v) is 24.5. The second-order valence-corrected chi connectivity index (χ2v) is 11.0. The molecule has 2 saturated heterocycles. The van der Waals surface area contributed by atoms with Crippen LogP contribution in [-0.4, -0.2) is 72.1 Å². The molecular weight excluding hydrogens is 546 g/mol. The monoisotopic (exact) mass is 579 g/mol. The molecule has 6 rings (SSSR count). The molecule has 2 fully saturated rings. The lowest BCUT2D eigenvalue weighted by molar-refractivity contribution is -0.117. The molecule has 0 aliphatic carbocycles. The molecule has 0 saturated carbocycles. The molecule has 10 nitrogen and oxygen atoms in total. The smallest absolute Gasteiger partial charge is 0.227 e. The van der Waals surface area contributed by atoms with Crippen molar-refractivity contribution in [2.45, 2.75) is 45.3 Å². The van der Waals surface area contributed by atoms with Crippen LogP contribution in [0.3, 0.4) is 0 Å². The number of amides is 1. The van der Waals surface area contributed by atoms with E-state index in [0.717, 1.165) is 60.2 Å². The van der Waals surface area contributed by atoms with E-state index in [1.54, 1.807) is 26.4 Å². The molecule has 0 spiro atoms. The van der Waals surface area contributed by atoms with E-state index in [-0.39, 0.29) is 18.0 Å². The van der Waals surface area contributed by atoms with Crippen LogP contribution in [0.4, 0.5) is 5.69 Å². The molecule has 1 amide bonds. The van der Waals surface area contributed by atoms with Crippen LogP contribution in [0.25, 0.3) is 22.2 Å². The minimum atomic E-state index is -0.260. The first kappa shape index (κ1) is 27.6. The van der Waals surface area contributed by atoms with E-state index >= 15 is 0 Å². The Morgan fingerprint density at radius 1 is 1.12 bits per heavy atom. The number of morpholine rings is 1. The summed E-state index contributed by atoms with van der Waals surface area (Å²) in [5.74, 6) is 2.07. The highest BCUT2D eigenvalue weighted by Gasteiger charge is 2.37. The van der Waals surface area contributed by atoms with Gasteiger partial charge in [0.1, 0.15) is 17.3 Å². The summed E-state index contributed by atoms with van der Waals surface area (Å²) in [6, 6.07) is 9.30. The lowest BCUT2D eigenvalue weighted by Gasteiger charge is -2.33. The molecule has 2 aliphatic rings. The maximum Gasteiger partial charge on any atom is 0.227 e. The lowest BCUT2D eigenvalue weighted by Crippen LogP contribution is -2.44. The normalized spacial score (nSPS) is 18.8. The maximum absolute atomic E-state index is 13.3. The number of carbonyl (C=O) groups is 1. The van der Waals surface area contributed by atoms with E-state index in [0.29, 0.717) is 41.5 Å². The van der Waals surface area contributed by atoms with Gasteiger partial charge < -0.3 is 28.2 Å². The molecule has 2 aromatic carbocycles. The Morgan fingerprint density at radius 2 is 1.90 bits per heavy atom. The van der Waals surface area contributed by atoms with Gasteiger partial charge in [0, 0.05) is 61.0 Å². The third-order valence-electron chi connectivity index (χ3n) is 8.11. The van der Waals surface area contributed by atoms with Crippen LogP contribution < -0.4 is 14.4 Å². The van der Waals surface area contributed by atoms with Gasteiger partial charge >= 0.3 is 0 Å². The summed E-state index contributed by atoms with van der Waals surface area (Å²) < 4.78 is 24.4. The number of benzene rings is 2. The van der Waals surface area contributed by atoms with Gasteiger partial charge in [0.2, 0.25) is 5.91 Å². The van der Waals surface area contributed by atoms with Gasteiger partial charge in [0.25, 0.3) is 0 Å². The topological polar surface area (TPSA) is 95.1 Å². The van der Waals surface area contributed by atoms with Gasteiger partial charge in [-0.1, -0.05) is 16.8 Å². The molecule has 41 heavy (non-hydrogen) atoms. The van der Waals surface area contributed by atoms with E-state index in [2.05, 4.69) is 27.7 Å². The van der Waals surface area contributed by atoms with Gasteiger partial charge in [0.15, 0.2) is 5.58 Å². The molecule has 2 atom stereocenters. The number of hydrogen-bond donors (Lipinski definition) is 0. The number of anilines is 1. The Balaban J connectivity index is 1.44. The predicted molar refractivity (Wildman–Crippen MR) is 156 cm³/mol. The number of hydrogen-bond acceptors (Lipinski definition) is 8. The zero-order chi connectivity index (χ0) is 28.7. The number of fused-ring (bicyclic) bond motifs is 1. The van der Waals surface area contributed by atoms with E-state index in [4.69, 9.17) is 35.3 Å². The lowest BCUT2D eigenvalue weighted by atomic mass is 10.1. The summed E-state index contributed by atoms with van der Waals surface area (Å²) in [6.45, 7) is 8.07. The van der Waals surface area contributed by atoms with Crippen LogP contribution in [0.1, 0.15) is 37.3 Å². The van der Waals surface area contributed by atoms with Gasteiger partial charge in [-0.3, -0.25) is 9.69 Å². The molecular formula is C30H34ClN5O5. The number of carbonyl (C=O) groups excluding carboxylic acids is 1. The minimum Gasteiger partial charge on any atom is -0.496 e. The minimum absolute atomic E-state index is 0.0349. The highest BCUT2D eigenvalue weighted by molar-refractivity contribution is 6.32. The van der Waals surface area contributed by atoms with Crippen molar-refractivity contribution in [3.8, 4) is 22.8 Å². The number of methoxy groups -OCH3 is 2. The van der Waals surface area contributed by atoms with Crippen LogP contribution in [0, 0.1) is 6.92 Å². The number of halogens is 1. The summed E-state index contributed by atoms with van der Waals surface area (Å²) in [5.41, 5.74) is 3.79. The van der Waals surface area contributed by atoms with E-state index in [1.807, 2.05) is 30.0 Å². The molecule has 0 N–H and O–H groups in total. The summed E-state index contributed by atoms with van der Waals surface area (Å²) in [6.07, 6.45) is 3.14. The van der Waals surface area contributed by atoms with Crippen molar-refractivity contribution < 1.29 is 23.5 Å². The average Bonchev–Trinajstić information content (AvgIpc) is 3.69. The Kier molecular flexibility index (Phi) is 7.63. The first-order valence-electron chi connectivity index (χ1n) is 13.9. The summed E-state index contributed by atoms with van der Waals surface area (Å²) in [7, 11) is 3.21. The summed E-state index contributed by atoms with van der Waals surface area (Å²) in [5, 5.41) is 5.48. The van der Waals surface area contributed by atoms with Gasteiger partial charge in [0.05, 0.1) is 49.9 Å². The van der Waals surface area contributed by atoms with Crippen molar-refractivity contribution in [3.05, 3.63) is 53.1 Å². The van der Waals surface area contributed by atoms with Crippen molar-refractivity contribution in [1.82, 2.24) is 19.6 Å². The largest absolute Gasteiger partial charge is 0.496 e. The first-order valence-corrected chi connectivity index (χ1v) is 14.2. The number of rotatable bonds is 8. The fourth-order valence-corrected chi connectivity index (χ4v) is 6.15. The summed E-state index contributed by atoms with van der Waals surface area (Å²) >= 11 is 6.48. The van der Waals surface area contributed by atoms with Gasteiger partial charge in [-0.25, -0.2) is 4.98 Å². The number of ether oxygens (including phenoxy) is 3. The SMILES string of the molecule is COc1ccc(N2C(=O)CC[C@H]2c2nc(-c3cc4c(C)noc4cc3OC)cn2C[C@H](C)N2CCOCC2)cc1Cl. The Morgan fingerprint density at radius 3 is 2.63 bits per heavy atom. The third kappa shape index (κ3) is 5.16. The van der Waals surface area contributed by atoms with Crippen molar-refractivity contribution in [2.24, 2.45) is 0 Å². The van der Waals surface area contributed by atoms with E-state index in [9.17, 15) is 4.79 Å². The molecule has 4 heterocycles. The molecule has 2 aliphatic heterocycles. The quantitative estimate of drug-likeness (QED) is 0.279. The molecule has 216 valence electrons. The van der Waals surface area contributed by atoms with Crippen LogP contribution in [0.5, 0.6) is 11.5 Å². The fourth-order valence-electron chi connectivity index (χ4n) is 5.90. The van der Waals surface area contributed by atoms with E-state index in [1.165, 1.54) is 0 Å². The van der Waals surface area contributed by atoms with E-state index < -0.39 is 0 Å². The molecule has 0 unspecified atom stereocenters. The molecule has 0 radical (unpaired) electrons. The number of imidazole rings is 1. The Bertz CT molecular complexity index is 1580. The van der Waals surface area contributed by atoms with Gasteiger partial charge in [-0.2, -0.15) is 0 Å². The third-order valence-corrected chi connectivity index (χ3v) is 8.40. The predicted octanol–water partition coefficient (Wildman–Crippen LogP) is 5.26. The fraction of sp³-hybridized carbons (Fsp3) is 0.433. The van der Waals surface area contributed by atoms with Crippen LogP contribution in [0.15, 0.2) is 41.1 Å². The number of aryl methyl sites for hydroxylation is 1. The second kappa shape index (κ2) is 11.3. The molecule has 0 bridgehead atoms.